The average Bonchev–Trinajstić information content (AvgIpc) is 3.40. The number of hydrogen-bond acceptors (Lipinski definition) is 4. The number of hydrogen-bond donors (Lipinski definition) is 1. The van der Waals surface area contributed by atoms with Gasteiger partial charge in [-0.05, 0) is 60.1 Å². The van der Waals surface area contributed by atoms with Crippen LogP contribution < -0.4 is 4.74 Å². The number of fused-ring (bicyclic) bond motifs is 1. The van der Waals surface area contributed by atoms with Gasteiger partial charge in [0.15, 0.2) is 0 Å². The van der Waals surface area contributed by atoms with Gasteiger partial charge in [0.25, 0.3) is 0 Å². The molecule has 146 valence electrons. The van der Waals surface area contributed by atoms with Crippen LogP contribution in [0.2, 0.25) is 0 Å². The van der Waals surface area contributed by atoms with E-state index in [4.69, 9.17) is 4.74 Å². The molecule has 4 aromatic rings. The number of aromatic nitrogens is 4. The zero-order chi connectivity index (χ0) is 19.5. The second-order valence-electron chi connectivity index (χ2n) is 7.80. The molecule has 4 aromatic heterocycles. The number of H-pyrrole nitrogens is 1. The summed E-state index contributed by atoms with van der Waals surface area (Å²) in [6.45, 7) is 0. The molecule has 0 aliphatic heterocycles. The molecule has 0 radical (unpaired) electrons. The minimum atomic E-state index is 0.342. The van der Waals surface area contributed by atoms with Crippen LogP contribution in [0.5, 0.6) is 5.88 Å². The molecule has 1 N–H and O–H groups in total. The Balaban J connectivity index is 1.27. The van der Waals surface area contributed by atoms with E-state index in [0.29, 0.717) is 6.10 Å². The van der Waals surface area contributed by atoms with E-state index in [2.05, 4.69) is 38.1 Å². The van der Waals surface area contributed by atoms with Gasteiger partial charge in [-0.3, -0.25) is 4.98 Å². The standard InChI is InChI=1S/C24H24N4O/c1-2-5-21(4-1)29-23-8-7-17(15-27-23)10-18-11-19(14-25-13-18)12-20-16-28-24-22(20)6-3-9-26-24/h3,6-9,11,13-16,21H,1-2,4-5,10,12H2,(H,26,28). The third-order valence-electron chi connectivity index (χ3n) is 5.58. The van der Waals surface area contributed by atoms with Crippen molar-refractivity contribution >= 4 is 11.0 Å². The molecule has 5 rings (SSSR count). The molecule has 29 heavy (non-hydrogen) atoms. The Hall–Kier alpha value is -3.21. The van der Waals surface area contributed by atoms with Crippen LogP contribution in [0.25, 0.3) is 11.0 Å². The van der Waals surface area contributed by atoms with Gasteiger partial charge in [0, 0.05) is 55.3 Å². The van der Waals surface area contributed by atoms with Gasteiger partial charge in [0.1, 0.15) is 11.8 Å². The highest BCUT2D eigenvalue weighted by molar-refractivity contribution is 5.79. The molecule has 0 unspecified atom stereocenters. The van der Waals surface area contributed by atoms with Crippen molar-refractivity contribution in [3.05, 3.63) is 83.6 Å². The largest absolute Gasteiger partial charge is 0.474 e. The zero-order valence-corrected chi connectivity index (χ0v) is 16.3. The summed E-state index contributed by atoms with van der Waals surface area (Å²) >= 11 is 0. The zero-order valence-electron chi connectivity index (χ0n) is 16.3. The van der Waals surface area contributed by atoms with Crippen molar-refractivity contribution in [1.29, 1.82) is 0 Å². The highest BCUT2D eigenvalue weighted by Crippen LogP contribution is 2.23. The molecule has 1 aliphatic rings. The molecule has 0 amide bonds. The van der Waals surface area contributed by atoms with Crippen molar-refractivity contribution < 1.29 is 4.74 Å². The van der Waals surface area contributed by atoms with Crippen LogP contribution >= 0.6 is 0 Å². The van der Waals surface area contributed by atoms with Crippen LogP contribution in [-0.4, -0.2) is 26.0 Å². The van der Waals surface area contributed by atoms with E-state index in [1.165, 1.54) is 40.5 Å². The first-order chi connectivity index (χ1) is 14.3. The van der Waals surface area contributed by atoms with Crippen molar-refractivity contribution in [2.24, 2.45) is 0 Å². The Morgan fingerprint density at radius 3 is 2.62 bits per heavy atom. The third kappa shape index (κ3) is 4.14. The molecule has 4 heterocycles. The molecule has 0 spiro atoms. The maximum absolute atomic E-state index is 5.96. The number of nitrogens with one attached hydrogen (secondary N) is 1. The summed E-state index contributed by atoms with van der Waals surface area (Å²) in [5.41, 5.74) is 5.71. The van der Waals surface area contributed by atoms with E-state index in [9.17, 15) is 0 Å². The summed E-state index contributed by atoms with van der Waals surface area (Å²) in [7, 11) is 0. The summed E-state index contributed by atoms with van der Waals surface area (Å²) < 4.78 is 5.96. The molecular weight excluding hydrogens is 360 g/mol. The first-order valence-electron chi connectivity index (χ1n) is 10.3. The summed E-state index contributed by atoms with van der Waals surface area (Å²) in [4.78, 5) is 16.6. The number of pyridine rings is 3. The van der Waals surface area contributed by atoms with E-state index < -0.39 is 0 Å². The summed E-state index contributed by atoms with van der Waals surface area (Å²) in [5.74, 6) is 0.737. The van der Waals surface area contributed by atoms with E-state index in [1.807, 2.05) is 43.1 Å². The predicted molar refractivity (Wildman–Crippen MR) is 113 cm³/mol. The van der Waals surface area contributed by atoms with Crippen LogP contribution in [0, 0.1) is 0 Å². The second-order valence-corrected chi connectivity index (χ2v) is 7.80. The van der Waals surface area contributed by atoms with Crippen molar-refractivity contribution in [3.63, 3.8) is 0 Å². The number of aromatic amines is 1. The number of nitrogens with zero attached hydrogens (tertiary/aromatic N) is 3. The smallest absolute Gasteiger partial charge is 0.213 e. The molecule has 0 aromatic carbocycles. The van der Waals surface area contributed by atoms with E-state index >= 15 is 0 Å². The Kier molecular flexibility index (Phi) is 4.95. The molecule has 5 nitrogen and oxygen atoms in total. The highest BCUT2D eigenvalue weighted by Gasteiger charge is 2.16. The quantitative estimate of drug-likeness (QED) is 0.516. The highest BCUT2D eigenvalue weighted by atomic mass is 16.5. The summed E-state index contributed by atoms with van der Waals surface area (Å²) in [5, 5.41) is 1.17. The minimum absolute atomic E-state index is 0.342. The Morgan fingerprint density at radius 1 is 0.931 bits per heavy atom. The number of rotatable bonds is 6. The van der Waals surface area contributed by atoms with E-state index in [0.717, 1.165) is 37.2 Å². The molecule has 1 aliphatic carbocycles. The van der Waals surface area contributed by atoms with Crippen molar-refractivity contribution in [1.82, 2.24) is 19.9 Å². The Bertz CT molecular complexity index is 1100. The van der Waals surface area contributed by atoms with Gasteiger partial charge in [-0.1, -0.05) is 12.1 Å². The van der Waals surface area contributed by atoms with Crippen LogP contribution in [0.3, 0.4) is 0 Å². The van der Waals surface area contributed by atoms with Gasteiger partial charge in [-0.15, -0.1) is 0 Å². The molecule has 0 saturated heterocycles. The SMILES string of the molecule is c1cnc2[nH]cc(Cc3cncc(Cc4ccc(OC5CCCC5)nc4)c3)c2c1. The third-order valence-corrected chi connectivity index (χ3v) is 5.58. The maximum Gasteiger partial charge on any atom is 0.213 e. The van der Waals surface area contributed by atoms with Gasteiger partial charge in [-0.25, -0.2) is 9.97 Å². The lowest BCUT2D eigenvalue weighted by atomic mass is 10.0. The minimum Gasteiger partial charge on any atom is -0.474 e. The molecule has 0 atom stereocenters. The molecule has 5 heteroatoms. The fourth-order valence-corrected chi connectivity index (χ4v) is 4.11. The molecule has 1 saturated carbocycles. The summed E-state index contributed by atoms with van der Waals surface area (Å²) in [6, 6.07) is 10.4. The maximum atomic E-state index is 5.96. The fourth-order valence-electron chi connectivity index (χ4n) is 4.11. The summed E-state index contributed by atoms with van der Waals surface area (Å²) in [6.07, 6.45) is 16.5. The van der Waals surface area contributed by atoms with E-state index in [-0.39, 0.29) is 0 Å². The topological polar surface area (TPSA) is 63.7 Å². The monoisotopic (exact) mass is 384 g/mol. The van der Waals surface area contributed by atoms with Crippen LogP contribution in [0.4, 0.5) is 0 Å². The van der Waals surface area contributed by atoms with Gasteiger partial charge in [0.05, 0.1) is 0 Å². The van der Waals surface area contributed by atoms with Crippen LogP contribution in [0.1, 0.15) is 47.9 Å². The van der Waals surface area contributed by atoms with Gasteiger partial charge >= 0.3 is 0 Å². The van der Waals surface area contributed by atoms with Gasteiger partial charge in [0.2, 0.25) is 5.88 Å². The lowest BCUT2D eigenvalue weighted by molar-refractivity contribution is 0.201. The second kappa shape index (κ2) is 8.03. The van der Waals surface area contributed by atoms with Crippen molar-refractivity contribution in [2.75, 3.05) is 0 Å². The predicted octanol–water partition coefficient (Wildman–Crippen LogP) is 4.86. The number of ether oxygens (including phenoxy) is 1. The van der Waals surface area contributed by atoms with Gasteiger partial charge < -0.3 is 9.72 Å². The van der Waals surface area contributed by atoms with Crippen LogP contribution in [0.15, 0.2) is 61.3 Å². The first-order valence-corrected chi connectivity index (χ1v) is 10.3. The first kappa shape index (κ1) is 17.9. The average molecular weight is 384 g/mol. The Morgan fingerprint density at radius 2 is 1.79 bits per heavy atom. The Labute approximate surface area is 170 Å². The fraction of sp³-hybridized carbons (Fsp3) is 0.292. The molecular formula is C24H24N4O. The van der Waals surface area contributed by atoms with Crippen molar-refractivity contribution in [2.45, 2.75) is 44.6 Å². The van der Waals surface area contributed by atoms with Gasteiger partial charge in [-0.2, -0.15) is 0 Å². The van der Waals surface area contributed by atoms with Crippen molar-refractivity contribution in [3.8, 4) is 5.88 Å². The van der Waals surface area contributed by atoms with E-state index in [1.54, 1.807) is 0 Å². The normalized spacial score (nSPS) is 14.5. The van der Waals surface area contributed by atoms with Crippen LogP contribution in [-0.2, 0) is 12.8 Å². The lowest BCUT2D eigenvalue weighted by Gasteiger charge is -2.12. The molecule has 1 fully saturated rings. The molecule has 0 bridgehead atoms. The lowest BCUT2D eigenvalue weighted by Crippen LogP contribution is -2.11.